The molecule has 2 N–H and O–H groups in total. The molecule has 0 saturated carbocycles. The number of piperazine rings is 1. The Balaban J connectivity index is 1.90. The summed E-state index contributed by atoms with van der Waals surface area (Å²) >= 11 is 0. The van der Waals surface area contributed by atoms with Gasteiger partial charge in [0.15, 0.2) is 0 Å². The van der Waals surface area contributed by atoms with Crippen LogP contribution in [0.1, 0.15) is 25.7 Å². The summed E-state index contributed by atoms with van der Waals surface area (Å²) in [6.07, 6.45) is 0. The maximum Gasteiger partial charge on any atom is 0.318 e. The molecule has 1 aromatic rings. The second-order valence-corrected chi connectivity index (χ2v) is 4.81. The first kappa shape index (κ1) is 12.8. The molecule has 2 rings (SSSR count). The molecule has 1 fully saturated rings. The predicted molar refractivity (Wildman–Crippen MR) is 66.2 cm³/mol. The highest BCUT2D eigenvalue weighted by atomic mass is 16.4. The first-order chi connectivity index (χ1) is 8.56. The number of anilines is 1. The van der Waals surface area contributed by atoms with E-state index >= 15 is 0 Å². The molecule has 7 nitrogen and oxygen atoms in total. The van der Waals surface area contributed by atoms with E-state index in [2.05, 4.69) is 10.2 Å². The number of carbonyl (C=O) groups is 1. The Bertz CT molecular complexity index is 409. The largest absolute Gasteiger partial charge is 0.408 e. The molecule has 1 amide bonds. The summed E-state index contributed by atoms with van der Waals surface area (Å²) in [5.41, 5.74) is 5.17. The first-order valence-electron chi connectivity index (χ1n) is 6.15. The molecule has 0 radical (unpaired) electrons. The molecule has 0 atom stereocenters. The van der Waals surface area contributed by atoms with Gasteiger partial charge in [-0.1, -0.05) is 18.9 Å². The van der Waals surface area contributed by atoms with Crippen molar-refractivity contribution in [3.05, 3.63) is 5.89 Å². The normalized spacial score (nSPS) is 17.4. The van der Waals surface area contributed by atoms with E-state index in [0.717, 1.165) is 26.2 Å². The second-order valence-electron chi connectivity index (χ2n) is 4.81. The zero-order chi connectivity index (χ0) is 13.1. The van der Waals surface area contributed by atoms with Crippen LogP contribution in [-0.4, -0.2) is 53.7 Å². The molecule has 0 unspecified atom stereocenters. The van der Waals surface area contributed by atoms with Crippen molar-refractivity contribution in [2.75, 3.05) is 37.6 Å². The monoisotopic (exact) mass is 253 g/mol. The lowest BCUT2D eigenvalue weighted by Gasteiger charge is -2.32. The van der Waals surface area contributed by atoms with Crippen molar-refractivity contribution in [3.63, 3.8) is 0 Å². The van der Waals surface area contributed by atoms with E-state index in [1.54, 1.807) is 0 Å². The molecule has 1 saturated heterocycles. The lowest BCUT2D eigenvalue weighted by molar-refractivity contribution is -0.119. The highest BCUT2D eigenvalue weighted by Crippen LogP contribution is 2.19. The lowest BCUT2D eigenvalue weighted by atomic mass is 10.2. The maximum absolute atomic E-state index is 10.8. The third-order valence-corrected chi connectivity index (χ3v) is 2.95. The molecule has 0 bridgehead atoms. The summed E-state index contributed by atoms with van der Waals surface area (Å²) in [6.45, 7) is 7.45. The van der Waals surface area contributed by atoms with E-state index in [9.17, 15) is 4.79 Å². The van der Waals surface area contributed by atoms with Crippen molar-refractivity contribution < 1.29 is 9.21 Å². The minimum Gasteiger partial charge on any atom is -0.408 e. The van der Waals surface area contributed by atoms with Gasteiger partial charge in [0, 0.05) is 32.1 Å². The molecule has 100 valence electrons. The summed E-state index contributed by atoms with van der Waals surface area (Å²) in [6, 6.07) is 0.567. The number of nitrogens with two attached hydrogens (primary N) is 1. The molecule has 18 heavy (non-hydrogen) atoms. The Kier molecular flexibility index (Phi) is 3.81. The van der Waals surface area contributed by atoms with Gasteiger partial charge in [-0.15, -0.1) is 5.10 Å². The number of hydrogen-bond acceptors (Lipinski definition) is 6. The average molecular weight is 253 g/mol. The first-order valence-corrected chi connectivity index (χ1v) is 6.15. The van der Waals surface area contributed by atoms with Gasteiger partial charge in [-0.05, 0) is 0 Å². The zero-order valence-corrected chi connectivity index (χ0v) is 10.8. The highest BCUT2D eigenvalue weighted by Gasteiger charge is 2.22. The summed E-state index contributed by atoms with van der Waals surface area (Å²) in [5, 5.41) is 8.06. The fourth-order valence-electron chi connectivity index (χ4n) is 1.91. The number of amides is 1. The Morgan fingerprint density at radius 1 is 1.33 bits per heavy atom. The van der Waals surface area contributed by atoms with Crippen molar-refractivity contribution >= 4 is 11.9 Å². The van der Waals surface area contributed by atoms with Crippen LogP contribution >= 0.6 is 0 Å². The van der Waals surface area contributed by atoms with Gasteiger partial charge in [0.2, 0.25) is 11.8 Å². The van der Waals surface area contributed by atoms with E-state index in [-0.39, 0.29) is 11.8 Å². The van der Waals surface area contributed by atoms with E-state index in [1.165, 1.54) is 0 Å². The Hall–Kier alpha value is -1.63. The molecule has 1 aliphatic rings. The molecule has 0 spiro atoms. The van der Waals surface area contributed by atoms with Gasteiger partial charge >= 0.3 is 6.01 Å². The topological polar surface area (TPSA) is 88.5 Å². The molecule has 1 aromatic heterocycles. The molecule has 2 heterocycles. The van der Waals surface area contributed by atoms with Crippen LogP contribution in [0.15, 0.2) is 4.42 Å². The van der Waals surface area contributed by atoms with Crippen LogP contribution in [0.25, 0.3) is 0 Å². The van der Waals surface area contributed by atoms with Crippen LogP contribution < -0.4 is 10.6 Å². The van der Waals surface area contributed by atoms with E-state index in [4.69, 9.17) is 10.2 Å². The standard InChI is InChI=1S/C11H19N5O2/c1-8(2)10-13-14-11(18-10)16-5-3-15(4-6-16)7-9(12)17/h8H,3-7H2,1-2H3,(H2,12,17). The van der Waals surface area contributed by atoms with Gasteiger partial charge < -0.3 is 15.1 Å². The fourth-order valence-corrected chi connectivity index (χ4v) is 1.91. The van der Waals surface area contributed by atoms with Crippen LogP contribution in [0, 0.1) is 0 Å². The van der Waals surface area contributed by atoms with Crippen molar-refractivity contribution in [2.24, 2.45) is 5.73 Å². The summed E-state index contributed by atoms with van der Waals surface area (Å²) in [4.78, 5) is 14.9. The van der Waals surface area contributed by atoms with Crippen molar-refractivity contribution in [1.29, 1.82) is 0 Å². The highest BCUT2D eigenvalue weighted by molar-refractivity contribution is 5.75. The van der Waals surface area contributed by atoms with Gasteiger partial charge in [0.25, 0.3) is 0 Å². The minimum absolute atomic E-state index is 0.238. The number of aromatic nitrogens is 2. The Morgan fingerprint density at radius 2 is 2.00 bits per heavy atom. The van der Waals surface area contributed by atoms with Crippen molar-refractivity contribution in [1.82, 2.24) is 15.1 Å². The second kappa shape index (κ2) is 5.34. The van der Waals surface area contributed by atoms with E-state index < -0.39 is 0 Å². The molecule has 1 aliphatic heterocycles. The summed E-state index contributed by atoms with van der Waals surface area (Å²) in [5.74, 6) is 0.607. The average Bonchev–Trinajstić information content (AvgIpc) is 2.78. The molecule has 0 aliphatic carbocycles. The molecular formula is C11H19N5O2. The number of nitrogens with zero attached hydrogens (tertiary/aromatic N) is 4. The van der Waals surface area contributed by atoms with E-state index in [0.29, 0.717) is 18.5 Å². The quantitative estimate of drug-likeness (QED) is 0.799. The molecular weight excluding hydrogens is 234 g/mol. The lowest BCUT2D eigenvalue weighted by Crippen LogP contribution is -2.49. The van der Waals surface area contributed by atoms with Gasteiger partial charge in [0.05, 0.1) is 6.54 Å². The van der Waals surface area contributed by atoms with Crippen LogP contribution in [0.5, 0.6) is 0 Å². The fraction of sp³-hybridized carbons (Fsp3) is 0.727. The smallest absolute Gasteiger partial charge is 0.318 e. The van der Waals surface area contributed by atoms with Gasteiger partial charge in [0.1, 0.15) is 0 Å². The molecule has 0 aromatic carbocycles. The Morgan fingerprint density at radius 3 is 2.50 bits per heavy atom. The minimum atomic E-state index is -0.289. The summed E-state index contributed by atoms with van der Waals surface area (Å²) in [7, 11) is 0. The molecule has 7 heteroatoms. The van der Waals surface area contributed by atoms with Crippen molar-refractivity contribution in [2.45, 2.75) is 19.8 Å². The number of primary amides is 1. The predicted octanol–water partition coefficient (Wildman–Crippen LogP) is -0.200. The number of rotatable bonds is 4. The van der Waals surface area contributed by atoms with Gasteiger partial charge in [-0.2, -0.15) is 0 Å². The third-order valence-electron chi connectivity index (χ3n) is 2.95. The van der Waals surface area contributed by atoms with Crippen LogP contribution in [-0.2, 0) is 4.79 Å². The van der Waals surface area contributed by atoms with Crippen LogP contribution in [0.3, 0.4) is 0 Å². The Labute approximate surface area is 106 Å². The summed E-state index contributed by atoms with van der Waals surface area (Å²) < 4.78 is 5.59. The SMILES string of the molecule is CC(C)c1nnc(N2CCN(CC(N)=O)CC2)o1. The zero-order valence-electron chi connectivity index (χ0n) is 10.8. The van der Waals surface area contributed by atoms with Gasteiger partial charge in [-0.3, -0.25) is 9.69 Å². The van der Waals surface area contributed by atoms with E-state index in [1.807, 2.05) is 23.6 Å². The van der Waals surface area contributed by atoms with Crippen LogP contribution in [0.2, 0.25) is 0 Å². The van der Waals surface area contributed by atoms with Crippen molar-refractivity contribution in [3.8, 4) is 0 Å². The van der Waals surface area contributed by atoms with Gasteiger partial charge in [-0.25, -0.2) is 0 Å². The van der Waals surface area contributed by atoms with Crippen LogP contribution in [0.4, 0.5) is 6.01 Å². The third kappa shape index (κ3) is 2.98. The number of carbonyl (C=O) groups excluding carboxylic acids is 1. The maximum atomic E-state index is 10.8. The number of hydrogen-bond donors (Lipinski definition) is 1.